The predicted molar refractivity (Wildman–Crippen MR) is 67.1 cm³/mol. The summed E-state index contributed by atoms with van der Waals surface area (Å²) < 4.78 is 5.35. The zero-order chi connectivity index (χ0) is 11.7. The first-order valence-electron chi connectivity index (χ1n) is 5.53. The van der Waals surface area contributed by atoms with Gasteiger partial charge in [0.2, 0.25) is 0 Å². The van der Waals surface area contributed by atoms with Crippen LogP contribution in [0.5, 0.6) is 5.75 Å². The zero-order valence-electron chi connectivity index (χ0n) is 10.1. The number of ether oxygens (including phenoxy) is 1. The normalized spacial score (nSPS) is 11.0. The number of aromatic nitrogens is 1. The summed E-state index contributed by atoms with van der Waals surface area (Å²) in [5, 5.41) is 1.23. The molecule has 0 spiro atoms. The van der Waals surface area contributed by atoms with Crippen LogP contribution in [0.15, 0.2) is 12.1 Å². The molecule has 16 heavy (non-hydrogen) atoms. The van der Waals surface area contributed by atoms with E-state index >= 15 is 0 Å². The van der Waals surface area contributed by atoms with Crippen molar-refractivity contribution in [2.45, 2.75) is 20.3 Å². The van der Waals surface area contributed by atoms with Crippen molar-refractivity contribution in [1.29, 1.82) is 0 Å². The van der Waals surface area contributed by atoms with Gasteiger partial charge in [0.1, 0.15) is 5.75 Å². The third-order valence-electron chi connectivity index (χ3n) is 3.03. The van der Waals surface area contributed by atoms with E-state index in [1.807, 2.05) is 0 Å². The molecule has 1 heterocycles. The quantitative estimate of drug-likeness (QED) is 0.830. The molecule has 86 valence electrons. The molecule has 0 unspecified atom stereocenters. The van der Waals surface area contributed by atoms with Gasteiger partial charge in [0.05, 0.1) is 7.11 Å². The van der Waals surface area contributed by atoms with Gasteiger partial charge in [-0.25, -0.2) is 0 Å². The Kier molecular flexibility index (Phi) is 2.88. The van der Waals surface area contributed by atoms with E-state index in [-0.39, 0.29) is 0 Å². The number of nitrogens with one attached hydrogen (secondary N) is 1. The Balaban J connectivity index is 2.67. The minimum Gasteiger partial charge on any atom is -0.496 e. The third kappa shape index (κ3) is 1.67. The molecule has 1 aromatic carbocycles. The maximum atomic E-state index is 5.63. The van der Waals surface area contributed by atoms with Gasteiger partial charge < -0.3 is 15.5 Å². The van der Waals surface area contributed by atoms with Gasteiger partial charge in [-0.05, 0) is 50.1 Å². The number of H-pyrrole nitrogens is 1. The molecule has 3 heteroatoms. The predicted octanol–water partition coefficient (Wildman–Crippen LogP) is 2.29. The van der Waals surface area contributed by atoms with Gasteiger partial charge in [-0.2, -0.15) is 0 Å². The maximum Gasteiger partial charge on any atom is 0.122 e. The van der Waals surface area contributed by atoms with Crippen molar-refractivity contribution in [3.63, 3.8) is 0 Å². The number of methoxy groups -OCH3 is 1. The Labute approximate surface area is 95.6 Å². The number of nitrogens with two attached hydrogens (primary N) is 1. The summed E-state index contributed by atoms with van der Waals surface area (Å²) in [4.78, 5) is 3.39. The van der Waals surface area contributed by atoms with E-state index in [9.17, 15) is 0 Å². The second-order valence-electron chi connectivity index (χ2n) is 4.13. The van der Waals surface area contributed by atoms with E-state index in [1.165, 1.54) is 22.2 Å². The summed E-state index contributed by atoms with van der Waals surface area (Å²) in [5.74, 6) is 0.935. The van der Waals surface area contributed by atoms with Gasteiger partial charge in [-0.15, -0.1) is 0 Å². The Morgan fingerprint density at radius 1 is 1.31 bits per heavy atom. The van der Waals surface area contributed by atoms with E-state index in [0.29, 0.717) is 6.54 Å². The average Bonchev–Trinajstić information content (AvgIpc) is 2.54. The lowest BCUT2D eigenvalue weighted by molar-refractivity contribution is 0.412. The summed E-state index contributed by atoms with van der Waals surface area (Å²) in [7, 11) is 1.70. The molecule has 0 atom stereocenters. The number of benzene rings is 1. The van der Waals surface area contributed by atoms with Crippen molar-refractivity contribution in [2.75, 3.05) is 13.7 Å². The molecule has 0 bridgehead atoms. The van der Waals surface area contributed by atoms with Crippen LogP contribution in [0.4, 0.5) is 0 Å². The lowest BCUT2D eigenvalue weighted by Gasteiger charge is -2.05. The standard InChI is InChI=1S/C13H18N2O/c1-8-6-12-11(7-13(8)16-3)10(4-5-14)9(2)15-12/h6-7,15H,4-5,14H2,1-3H3. The van der Waals surface area contributed by atoms with Crippen molar-refractivity contribution >= 4 is 10.9 Å². The van der Waals surface area contributed by atoms with Gasteiger partial charge in [0.15, 0.2) is 0 Å². The lowest BCUT2D eigenvalue weighted by Crippen LogP contribution is -2.03. The highest BCUT2D eigenvalue weighted by Crippen LogP contribution is 2.29. The van der Waals surface area contributed by atoms with E-state index in [4.69, 9.17) is 10.5 Å². The van der Waals surface area contributed by atoms with Gasteiger partial charge in [-0.1, -0.05) is 0 Å². The number of hydrogen-bond acceptors (Lipinski definition) is 2. The molecule has 0 aliphatic rings. The van der Waals surface area contributed by atoms with Crippen LogP contribution in [-0.2, 0) is 6.42 Å². The smallest absolute Gasteiger partial charge is 0.122 e. The van der Waals surface area contributed by atoms with Crippen molar-refractivity contribution in [1.82, 2.24) is 4.98 Å². The fraction of sp³-hybridized carbons (Fsp3) is 0.385. The van der Waals surface area contributed by atoms with Crippen LogP contribution in [0.2, 0.25) is 0 Å². The molecule has 3 N–H and O–H groups in total. The van der Waals surface area contributed by atoms with Crippen LogP contribution >= 0.6 is 0 Å². The molecule has 0 radical (unpaired) electrons. The lowest BCUT2D eigenvalue weighted by atomic mass is 10.1. The monoisotopic (exact) mass is 218 g/mol. The number of rotatable bonds is 3. The van der Waals surface area contributed by atoms with Gasteiger partial charge >= 0.3 is 0 Å². The second-order valence-corrected chi connectivity index (χ2v) is 4.13. The number of aryl methyl sites for hydroxylation is 2. The van der Waals surface area contributed by atoms with Gasteiger partial charge in [0, 0.05) is 16.6 Å². The summed E-state index contributed by atoms with van der Waals surface area (Å²) in [5.41, 5.74) is 10.5. The molecule has 0 fully saturated rings. The minimum atomic E-state index is 0.671. The van der Waals surface area contributed by atoms with Crippen LogP contribution in [0.3, 0.4) is 0 Å². The van der Waals surface area contributed by atoms with Crippen LogP contribution in [0, 0.1) is 13.8 Å². The Morgan fingerprint density at radius 2 is 2.06 bits per heavy atom. The first-order valence-corrected chi connectivity index (χ1v) is 5.53. The topological polar surface area (TPSA) is 51.0 Å². The van der Waals surface area contributed by atoms with Crippen molar-refractivity contribution in [3.05, 3.63) is 29.0 Å². The third-order valence-corrected chi connectivity index (χ3v) is 3.03. The first-order chi connectivity index (χ1) is 7.67. The van der Waals surface area contributed by atoms with Crippen molar-refractivity contribution < 1.29 is 4.74 Å². The van der Waals surface area contributed by atoms with Crippen LogP contribution in [-0.4, -0.2) is 18.6 Å². The molecule has 1 aromatic heterocycles. The largest absolute Gasteiger partial charge is 0.496 e. The highest BCUT2D eigenvalue weighted by atomic mass is 16.5. The SMILES string of the molecule is COc1cc2c(CCN)c(C)[nH]c2cc1C. The minimum absolute atomic E-state index is 0.671. The van der Waals surface area contributed by atoms with Crippen LogP contribution < -0.4 is 10.5 Å². The molecule has 3 nitrogen and oxygen atoms in total. The summed E-state index contributed by atoms with van der Waals surface area (Å²) in [6, 6.07) is 4.22. The molecular weight excluding hydrogens is 200 g/mol. The summed E-state index contributed by atoms with van der Waals surface area (Å²) in [6.07, 6.45) is 0.901. The number of hydrogen-bond donors (Lipinski definition) is 2. The summed E-state index contributed by atoms with van der Waals surface area (Å²) in [6.45, 7) is 4.81. The van der Waals surface area contributed by atoms with Gasteiger partial charge in [-0.3, -0.25) is 0 Å². The van der Waals surface area contributed by atoms with Gasteiger partial charge in [0.25, 0.3) is 0 Å². The molecule has 2 rings (SSSR count). The van der Waals surface area contributed by atoms with E-state index < -0.39 is 0 Å². The molecule has 0 saturated carbocycles. The average molecular weight is 218 g/mol. The first kappa shape index (κ1) is 11.0. The van der Waals surface area contributed by atoms with E-state index in [2.05, 4.69) is 31.0 Å². The van der Waals surface area contributed by atoms with Crippen LogP contribution in [0.1, 0.15) is 16.8 Å². The zero-order valence-corrected chi connectivity index (χ0v) is 10.1. The van der Waals surface area contributed by atoms with Crippen LogP contribution in [0.25, 0.3) is 10.9 Å². The molecular formula is C13H18N2O. The number of fused-ring (bicyclic) bond motifs is 1. The molecule has 0 aliphatic heterocycles. The highest BCUT2D eigenvalue weighted by Gasteiger charge is 2.10. The Hall–Kier alpha value is -1.48. The fourth-order valence-corrected chi connectivity index (χ4v) is 2.21. The Morgan fingerprint density at radius 3 is 2.69 bits per heavy atom. The number of aromatic amines is 1. The van der Waals surface area contributed by atoms with E-state index in [1.54, 1.807) is 7.11 Å². The van der Waals surface area contributed by atoms with E-state index in [0.717, 1.165) is 17.7 Å². The molecule has 2 aromatic rings. The van der Waals surface area contributed by atoms with Crippen molar-refractivity contribution in [3.8, 4) is 5.75 Å². The molecule has 0 saturated heterocycles. The fourth-order valence-electron chi connectivity index (χ4n) is 2.21. The molecule has 0 aliphatic carbocycles. The molecule has 0 amide bonds. The van der Waals surface area contributed by atoms with Crippen molar-refractivity contribution in [2.24, 2.45) is 5.73 Å². The highest BCUT2D eigenvalue weighted by molar-refractivity contribution is 5.87. The second kappa shape index (κ2) is 4.18. The Bertz CT molecular complexity index is 514. The summed E-state index contributed by atoms with van der Waals surface area (Å²) >= 11 is 0. The maximum absolute atomic E-state index is 5.63.